The van der Waals surface area contributed by atoms with E-state index in [2.05, 4.69) is 4.74 Å². The van der Waals surface area contributed by atoms with Crippen molar-refractivity contribution in [3.8, 4) is 5.75 Å². The van der Waals surface area contributed by atoms with Crippen molar-refractivity contribution < 1.29 is 24.2 Å². The average molecular weight is 329 g/mol. The summed E-state index contributed by atoms with van der Waals surface area (Å²) in [6, 6.07) is 13.2. The average Bonchev–Trinajstić information content (AvgIpc) is 2.60. The highest BCUT2D eigenvalue weighted by molar-refractivity contribution is 5.89. The first-order valence-corrected chi connectivity index (χ1v) is 7.37. The second-order valence-corrected chi connectivity index (χ2v) is 5.27. The maximum Gasteiger partial charge on any atom is 0.337 e. The van der Waals surface area contributed by atoms with E-state index < -0.39 is 12.0 Å². The Labute approximate surface area is 139 Å². The fourth-order valence-electron chi connectivity index (χ4n) is 2.08. The van der Waals surface area contributed by atoms with E-state index in [9.17, 15) is 9.59 Å². The van der Waals surface area contributed by atoms with Crippen molar-refractivity contribution in [1.82, 2.24) is 0 Å². The molecule has 0 spiro atoms. The summed E-state index contributed by atoms with van der Waals surface area (Å²) >= 11 is 0. The molecule has 0 aliphatic heterocycles. The molecule has 126 valence electrons. The van der Waals surface area contributed by atoms with Gasteiger partial charge in [0.05, 0.1) is 12.7 Å². The number of carboxylic acid groups (broad SMARTS) is 1. The molecule has 0 radical (unpaired) electrons. The van der Waals surface area contributed by atoms with Gasteiger partial charge >= 0.3 is 11.9 Å². The first-order chi connectivity index (χ1) is 11.5. The van der Waals surface area contributed by atoms with E-state index in [1.54, 1.807) is 48.5 Å². The van der Waals surface area contributed by atoms with Gasteiger partial charge in [0.1, 0.15) is 18.4 Å². The van der Waals surface area contributed by atoms with Crippen LogP contribution in [0.25, 0.3) is 0 Å². The molecule has 0 fully saturated rings. The van der Waals surface area contributed by atoms with Gasteiger partial charge in [0, 0.05) is 0 Å². The summed E-state index contributed by atoms with van der Waals surface area (Å²) in [5.74, 6) is -0.733. The van der Waals surface area contributed by atoms with Crippen LogP contribution in [0.2, 0.25) is 0 Å². The molecule has 0 aliphatic rings. The predicted molar refractivity (Wildman–Crippen MR) is 87.9 cm³/mol. The Bertz CT molecular complexity index is 694. The number of rotatable bonds is 7. The van der Waals surface area contributed by atoms with Gasteiger partial charge in [0.15, 0.2) is 0 Å². The van der Waals surface area contributed by atoms with Crippen molar-refractivity contribution >= 4 is 11.9 Å². The Kier molecular flexibility index (Phi) is 5.92. The summed E-state index contributed by atoms with van der Waals surface area (Å²) in [6.45, 7) is 0.357. The quantitative estimate of drug-likeness (QED) is 0.754. The van der Waals surface area contributed by atoms with Crippen LogP contribution >= 0.6 is 0 Å². The molecule has 0 aliphatic carbocycles. The summed E-state index contributed by atoms with van der Waals surface area (Å²) < 4.78 is 10.3. The van der Waals surface area contributed by atoms with Gasteiger partial charge in [0.2, 0.25) is 0 Å². The number of ether oxygens (including phenoxy) is 2. The van der Waals surface area contributed by atoms with E-state index in [0.717, 1.165) is 11.1 Å². The molecule has 24 heavy (non-hydrogen) atoms. The Morgan fingerprint density at radius 3 is 2.17 bits per heavy atom. The molecule has 0 aromatic heterocycles. The van der Waals surface area contributed by atoms with E-state index in [1.165, 1.54) is 7.11 Å². The largest absolute Gasteiger partial charge is 0.489 e. The number of carbonyl (C=O) groups is 2. The van der Waals surface area contributed by atoms with Gasteiger partial charge < -0.3 is 20.3 Å². The van der Waals surface area contributed by atoms with Crippen molar-refractivity contribution in [3.63, 3.8) is 0 Å². The third-order valence-electron chi connectivity index (χ3n) is 3.48. The minimum absolute atomic E-state index is 0.268. The molecular formula is C18H19NO5. The van der Waals surface area contributed by atoms with Crippen LogP contribution in [0.3, 0.4) is 0 Å². The summed E-state index contributed by atoms with van der Waals surface area (Å²) in [5.41, 5.74) is 7.74. The molecule has 0 unspecified atom stereocenters. The van der Waals surface area contributed by atoms with E-state index in [0.29, 0.717) is 17.9 Å². The summed E-state index contributed by atoms with van der Waals surface area (Å²) in [5, 5.41) is 8.80. The molecule has 6 heteroatoms. The minimum Gasteiger partial charge on any atom is -0.489 e. The number of aliphatic carboxylic acids is 1. The molecule has 0 amide bonds. The number of hydrogen-bond donors (Lipinski definition) is 2. The number of carboxylic acids is 1. The molecule has 0 saturated heterocycles. The lowest BCUT2D eigenvalue weighted by Gasteiger charge is -2.09. The maximum absolute atomic E-state index is 11.4. The molecule has 2 aromatic carbocycles. The van der Waals surface area contributed by atoms with Crippen LogP contribution in [0, 0.1) is 0 Å². The van der Waals surface area contributed by atoms with Crippen molar-refractivity contribution in [2.24, 2.45) is 5.73 Å². The molecule has 2 rings (SSSR count). The lowest BCUT2D eigenvalue weighted by atomic mass is 10.1. The number of hydrogen-bond acceptors (Lipinski definition) is 5. The summed E-state index contributed by atoms with van der Waals surface area (Å²) in [7, 11) is 1.34. The number of benzene rings is 2. The molecule has 0 bridgehead atoms. The molecule has 0 heterocycles. The highest BCUT2D eigenvalue weighted by atomic mass is 16.5. The number of nitrogens with two attached hydrogens (primary N) is 1. The van der Waals surface area contributed by atoms with Crippen LogP contribution in [-0.4, -0.2) is 30.2 Å². The van der Waals surface area contributed by atoms with Crippen LogP contribution < -0.4 is 10.5 Å². The topological polar surface area (TPSA) is 98.9 Å². The summed E-state index contributed by atoms with van der Waals surface area (Å²) in [6.07, 6.45) is 0.268. The van der Waals surface area contributed by atoms with Crippen LogP contribution in [-0.2, 0) is 22.6 Å². The SMILES string of the molecule is COC(=O)c1ccc(COc2ccc(C[C@H](N)C(=O)O)cc2)cc1. The van der Waals surface area contributed by atoms with Crippen molar-refractivity contribution in [2.45, 2.75) is 19.1 Å². The lowest BCUT2D eigenvalue weighted by molar-refractivity contribution is -0.138. The molecular weight excluding hydrogens is 310 g/mol. The first-order valence-electron chi connectivity index (χ1n) is 7.37. The third kappa shape index (κ3) is 4.82. The predicted octanol–water partition coefficient (Wildman–Crippen LogP) is 2.01. The van der Waals surface area contributed by atoms with Gasteiger partial charge in [-0.1, -0.05) is 24.3 Å². The first kappa shape index (κ1) is 17.5. The van der Waals surface area contributed by atoms with E-state index >= 15 is 0 Å². The van der Waals surface area contributed by atoms with Gasteiger partial charge in [-0.2, -0.15) is 0 Å². The van der Waals surface area contributed by atoms with Crippen LogP contribution in [0.4, 0.5) is 0 Å². The highest BCUT2D eigenvalue weighted by Crippen LogP contribution is 2.15. The fourth-order valence-corrected chi connectivity index (χ4v) is 2.08. The van der Waals surface area contributed by atoms with Gasteiger partial charge in [-0.05, 0) is 41.8 Å². The maximum atomic E-state index is 11.4. The van der Waals surface area contributed by atoms with Gasteiger partial charge in [-0.25, -0.2) is 4.79 Å². The smallest absolute Gasteiger partial charge is 0.337 e. The third-order valence-corrected chi connectivity index (χ3v) is 3.48. The zero-order valence-corrected chi connectivity index (χ0v) is 13.3. The molecule has 0 saturated carbocycles. The minimum atomic E-state index is -1.02. The fraction of sp³-hybridized carbons (Fsp3) is 0.222. The molecule has 3 N–H and O–H groups in total. The lowest BCUT2D eigenvalue weighted by Crippen LogP contribution is -2.32. The Balaban J connectivity index is 1.90. The van der Waals surface area contributed by atoms with Crippen LogP contribution in [0.15, 0.2) is 48.5 Å². The number of carbonyl (C=O) groups excluding carboxylic acids is 1. The van der Waals surface area contributed by atoms with Gasteiger partial charge in [-0.3, -0.25) is 4.79 Å². The Hall–Kier alpha value is -2.86. The molecule has 1 atom stereocenters. The van der Waals surface area contributed by atoms with Crippen LogP contribution in [0.1, 0.15) is 21.5 Å². The normalized spacial score (nSPS) is 11.6. The van der Waals surface area contributed by atoms with Crippen molar-refractivity contribution in [3.05, 3.63) is 65.2 Å². The number of esters is 1. The standard InChI is InChI=1S/C18H19NO5/c1-23-18(22)14-6-2-13(3-7-14)11-24-15-8-4-12(5-9-15)10-16(19)17(20)21/h2-9,16H,10-11,19H2,1H3,(H,20,21)/t16-/m0/s1. The zero-order chi connectivity index (χ0) is 17.5. The van der Waals surface area contributed by atoms with Crippen molar-refractivity contribution in [1.29, 1.82) is 0 Å². The van der Waals surface area contributed by atoms with Crippen molar-refractivity contribution in [2.75, 3.05) is 7.11 Å². The van der Waals surface area contributed by atoms with Crippen LogP contribution in [0.5, 0.6) is 5.75 Å². The van der Waals surface area contributed by atoms with Gasteiger partial charge in [0.25, 0.3) is 0 Å². The van der Waals surface area contributed by atoms with E-state index in [-0.39, 0.29) is 12.4 Å². The Morgan fingerprint density at radius 2 is 1.62 bits per heavy atom. The molecule has 6 nitrogen and oxygen atoms in total. The second-order valence-electron chi connectivity index (χ2n) is 5.27. The van der Waals surface area contributed by atoms with E-state index in [4.69, 9.17) is 15.6 Å². The zero-order valence-electron chi connectivity index (χ0n) is 13.3. The Morgan fingerprint density at radius 1 is 1.04 bits per heavy atom. The van der Waals surface area contributed by atoms with E-state index in [1.807, 2.05) is 0 Å². The van der Waals surface area contributed by atoms with Gasteiger partial charge in [-0.15, -0.1) is 0 Å². The molecule has 2 aromatic rings. The number of methoxy groups -OCH3 is 1. The summed E-state index contributed by atoms with van der Waals surface area (Å²) in [4.78, 5) is 22.1. The highest BCUT2D eigenvalue weighted by Gasteiger charge is 2.11. The monoisotopic (exact) mass is 329 g/mol. The second kappa shape index (κ2) is 8.12.